The number of nitrogens with one attached hydrogen (secondary N) is 1. The van der Waals surface area contributed by atoms with Gasteiger partial charge in [-0.25, -0.2) is 9.97 Å². The molecule has 0 saturated heterocycles. The minimum Gasteiger partial charge on any atom is -0.370 e. The third-order valence-corrected chi connectivity index (χ3v) is 2.11. The van der Waals surface area contributed by atoms with E-state index in [1.165, 1.54) is 0 Å². The van der Waals surface area contributed by atoms with E-state index in [1.54, 1.807) is 6.33 Å². The van der Waals surface area contributed by atoms with Gasteiger partial charge in [-0.15, -0.1) is 0 Å². The van der Waals surface area contributed by atoms with Gasteiger partial charge >= 0.3 is 0 Å². The summed E-state index contributed by atoms with van der Waals surface area (Å²) in [6, 6.07) is 0.114. The third kappa shape index (κ3) is 1.83. The van der Waals surface area contributed by atoms with Crippen molar-refractivity contribution in [3.63, 3.8) is 0 Å². The lowest BCUT2D eigenvalue weighted by molar-refractivity contribution is 0.133. The van der Waals surface area contributed by atoms with Crippen molar-refractivity contribution in [2.75, 3.05) is 11.9 Å². The Morgan fingerprint density at radius 1 is 1.57 bits per heavy atom. The molecule has 0 fully saturated rings. The Bertz CT molecular complexity index is 327. The van der Waals surface area contributed by atoms with Crippen LogP contribution in [0, 0.1) is 0 Å². The Balaban J connectivity index is 2.14. The normalized spacial score (nSPS) is 16.4. The first-order chi connectivity index (χ1) is 6.77. The van der Waals surface area contributed by atoms with E-state index in [1.807, 2.05) is 6.92 Å². The second kappa shape index (κ2) is 3.89. The van der Waals surface area contributed by atoms with Crippen molar-refractivity contribution in [1.82, 2.24) is 9.97 Å². The zero-order chi connectivity index (χ0) is 9.97. The number of hydrogen-bond donors (Lipinski definition) is 2. The molecule has 5 heteroatoms. The Morgan fingerprint density at radius 2 is 2.43 bits per heavy atom. The molecule has 1 aliphatic rings. The van der Waals surface area contributed by atoms with E-state index in [4.69, 9.17) is 10.5 Å². The molecule has 0 radical (unpaired) electrons. The number of ether oxygens (including phenoxy) is 1. The number of fused-ring (bicyclic) bond motifs is 1. The lowest BCUT2D eigenvalue weighted by Crippen LogP contribution is -2.26. The topological polar surface area (TPSA) is 73.1 Å². The van der Waals surface area contributed by atoms with Crippen molar-refractivity contribution in [2.45, 2.75) is 26.2 Å². The Hall–Kier alpha value is -1.20. The standard InChI is InChI=1S/C9H14N4O/c1-6(10)2-11-9-7-3-14-4-8(7)12-5-13-9/h5-6H,2-4,10H2,1H3,(H,11,12,13). The van der Waals surface area contributed by atoms with Gasteiger partial charge in [0, 0.05) is 18.2 Å². The number of aromatic nitrogens is 2. The number of nitrogens with zero attached hydrogens (tertiary/aromatic N) is 2. The molecular weight excluding hydrogens is 180 g/mol. The van der Waals surface area contributed by atoms with Gasteiger partial charge in [-0.1, -0.05) is 0 Å². The van der Waals surface area contributed by atoms with E-state index < -0.39 is 0 Å². The zero-order valence-electron chi connectivity index (χ0n) is 8.16. The van der Waals surface area contributed by atoms with Gasteiger partial charge in [-0.3, -0.25) is 0 Å². The molecule has 3 N–H and O–H groups in total. The minimum atomic E-state index is 0.114. The van der Waals surface area contributed by atoms with Crippen LogP contribution in [-0.2, 0) is 18.0 Å². The summed E-state index contributed by atoms with van der Waals surface area (Å²) in [4.78, 5) is 8.30. The van der Waals surface area contributed by atoms with Crippen LogP contribution in [0.5, 0.6) is 0 Å². The smallest absolute Gasteiger partial charge is 0.135 e. The van der Waals surface area contributed by atoms with Gasteiger partial charge in [0.15, 0.2) is 0 Å². The van der Waals surface area contributed by atoms with Crippen LogP contribution < -0.4 is 11.1 Å². The van der Waals surface area contributed by atoms with Crippen LogP contribution in [0.25, 0.3) is 0 Å². The number of hydrogen-bond acceptors (Lipinski definition) is 5. The van der Waals surface area contributed by atoms with Crippen molar-refractivity contribution < 1.29 is 4.74 Å². The number of nitrogens with two attached hydrogens (primary N) is 1. The lowest BCUT2D eigenvalue weighted by Gasteiger charge is -2.10. The number of anilines is 1. The average molecular weight is 194 g/mol. The largest absolute Gasteiger partial charge is 0.370 e. The molecule has 1 unspecified atom stereocenters. The summed E-state index contributed by atoms with van der Waals surface area (Å²) in [5, 5.41) is 3.19. The molecule has 1 aliphatic heterocycles. The number of rotatable bonds is 3. The first kappa shape index (κ1) is 9.36. The van der Waals surface area contributed by atoms with Gasteiger partial charge in [0.25, 0.3) is 0 Å². The maximum absolute atomic E-state index is 5.65. The molecule has 14 heavy (non-hydrogen) atoms. The Kier molecular flexibility index (Phi) is 2.60. The van der Waals surface area contributed by atoms with Crippen LogP contribution in [0.15, 0.2) is 6.33 Å². The molecule has 5 nitrogen and oxygen atoms in total. The van der Waals surface area contributed by atoms with Gasteiger partial charge in [0.05, 0.1) is 18.9 Å². The summed E-state index contributed by atoms with van der Waals surface area (Å²) in [7, 11) is 0. The molecule has 2 rings (SSSR count). The van der Waals surface area contributed by atoms with Crippen LogP contribution >= 0.6 is 0 Å². The summed E-state index contributed by atoms with van der Waals surface area (Å²) < 4.78 is 5.29. The van der Waals surface area contributed by atoms with Gasteiger partial charge in [-0.2, -0.15) is 0 Å². The fraction of sp³-hybridized carbons (Fsp3) is 0.556. The van der Waals surface area contributed by atoms with Crippen LogP contribution in [0.1, 0.15) is 18.2 Å². The molecule has 1 aromatic heterocycles. The lowest BCUT2D eigenvalue weighted by atomic mass is 10.2. The van der Waals surface area contributed by atoms with Gasteiger partial charge in [0.2, 0.25) is 0 Å². The van der Waals surface area contributed by atoms with E-state index in [2.05, 4.69) is 15.3 Å². The highest BCUT2D eigenvalue weighted by Gasteiger charge is 2.17. The SMILES string of the molecule is CC(N)CNc1ncnc2c1COC2. The molecule has 2 heterocycles. The maximum atomic E-state index is 5.65. The van der Waals surface area contributed by atoms with Gasteiger partial charge < -0.3 is 15.8 Å². The van der Waals surface area contributed by atoms with E-state index in [-0.39, 0.29) is 6.04 Å². The second-order valence-electron chi connectivity index (χ2n) is 3.50. The average Bonchev–Trinajstić information content (AvgIpc) is 2.62. The second-order valence-corrected chi connectivity index (χ2v) is 3.50. The zero-order valence-corrected chi connectivity index (χ0v) is 8.16. The highest BCUT2D eigenvalue weighted by Crippen LogP contribution is 2.22. The quantitative estimate of drug-likeness (QED) is 0.722. The van der Waals surface area contributed by atoms with Crippen molar-refractivity contribution in [3.05, 3.63) is 17.6 Å². The molecule has 0 amide bonds. The Labute approximate surface area is 82.7 Å². The molecule has 0 bridgehead atoms. The molecule has 0 spiro atoms. The summed E-state index contributed by atoms with van der Waals surface area (Å²) in [6.45, 7) is 3.84. The van der Waals surface area contributed by atoms with Crippen LogP contribution in [0.2, 0.25) is 0 Å². The molecule has 1 aromatic rings. The van der Waals surface area contributed by atoms with E-state index >= 15 is 0 Å². The summed E-state index contributed by atoms with van der Waals surface area (Å²) in [6.07, 6.45) is 1.55. The fourth-order valence-electron chi connectivity index (χ4n) is 1.38. The van der Waals surface area contributed by atoms with E-state index in [0.717, 1.165) is 17.1 Å². The van der Waals surface area contributed by atoms with Crippen molar-refractivity contribution in [2.24, 2.45) is 5.73 Å². The molecule has 1 atom stereocenters. The first-order valence-corrected chi connectivity index (χ1v) is 4.67. The molecular formula is C9H14N4O. The van der Waals surface area contributed by atoms with Crippen molar-refractivity contribution in [1.29, 1.82) is 0 Å². The summed E-state index contributed by atoms with van der Waals surface area (Å²) in [5.74, 6) is 0.852. The van der Waals surface area contributed by atoms with Crippen molar-refractivity contribution >= 4 is 5.82 Å². The fourth-order valence-corrected chi connectivity index (χ4v) is 1.38. The highest BCUT2D eigenvalue weighted by molar-refractivity contribution is 5.46. The molecule has 76 valence electrons. The monoisotopic (exact) mass is 194 g/mol. The van der Waals surface area contributed by atoms with E-state index in [0.29, 0.717) is 19.8 Å². The summed E-state index contributed by atoms with van der Waals surface area (Å²) >= 11 is 0. The molecule has 0 saturated carbocycles. The third-order valence-electron chi connectivity index (χ3n) is 2.11. The molecule has 0 aliphatic carbocycles. The van der Waals surface area contributed by atoms with Gasteiger partial charge in [-0.05, 0) is 6.92 Å². The molecule has 0 aromatic carbocycles. The van der Waals surface area contributed by atoms with E-state index in [9.17, 15) is 0 Å². The van der Waals surface area contributed by atoms with Crippen LogP contribution in [0.4, 0.5) is 5.82 Å². The highest BCUT2D eigenvalue weighted by atomic mass is 16.5. The predicted octanol–water partition coefficient (Wildman–Crippen LogP) is 0.266. The van der Waals surface area contributed by atoms with Crippen LogP contribution in [0.3, 0.4) is 0 Å². The van der Waals surface area contributed by atoms with Crippen molar-refractivity contribution in [3.8, 4) is 0 Å². The minimum absolute atomic E-state index is 0.114. The van der Waals surface area contributed by atoms with Crippen LogP contribution in [-0.4, -0.2) is 22.6 Å². The first-order valence-electron chi connectivity index (χ1n) is 4.67. The summed E-state index contributed by atoms with van der Waals surface area (Å²) in [5.41, 5.74) is 7.69. The van der Waals surface area contributed by atoms with Gasteiger partial charge in [0.1, 0.15) is 12.1 Å². The predicted molar refractivity (Wildman–Crippen MR) is 52.7 cm³/mol. The Morgan fingerprint density at radius 3 is 3.21 bits per heavy atom. The maximum Gasteiger partial charge on any atom is 0.135 e.